The molecule has 0 heterocycles. The van der Waals surface area contributed by atoms with Gasteiger partial charge in [0, 0.05) is 19.3 Å². The lowest BCUT2D eigenvalue weighted by atomic mass is 9.99. The molecule has 1 unspecified atom stereocenters. The van der Waals surface area contributed by atoms with Crippen molar-refractivity contribution in [3.8, 4) is 0 Å². The van der Waals surface area contributed by atoms with Crippen molar-refractivity contribution < 1.29 is 28.6 Å². The molecule has 0 saturated carbocycles. The van der Waals surface area contributed by atoms with Crippen LogP contribution in [0.3, 0.4) is 0 Å². The number of rotatable bonds is 56. The molecule has 0 fully saturated rings. The van der Waals surface area contributed by atoms with E-state index < -0.39 is 6.10 Å². The topological polar surface area (TPSA) is 78.9 Å². The molecule has 0 N–H and O–H groups in total. The molecule has 0 bridgehead atoms. The van der Waals surface area contributed by atoms with Crippen LogP contribution in [0.4, 0.5) is 0 Å². The fourth-order valence-corrected chi connectivity index (χ4v) is 9.67. The molecule has 0 rings (SSSR count). The minimum Gasteiger partial charge on any atom is -0.462 e. The second-order valence-electron chi connectivity index (χ2n) is 22.9. The Hall–Kier alpha value is -1.59. The predicted octanol–water partition coefficient (Wildman–Crippen LogP) is 20.7. The second-order valence-corrected chi connectivity index (χ2v) is 22.9. The Kier molecular flexibility index (Phi) is 52.9. The highest BCUT2D eigenvalue weighted by molar-refractivity contribution is 5.71. The van der Waals surface area contributed by atoms with Gasteiger partial charge in [-0.05, 0) is 37.0 Å². The van der Waals surface area contributed by atoms with Gasteiger partial charge in [-0.1, -0.05) is 311 Å². The number of ether oxygens (including phenoxy) is 3. The first-order valence-electron chi connectivity index (χ1n) is 31.1. The van der Waals surface area contributed by atoms with Crippen LogP contribution in [0.15, 0.2) is 0 Å². The Morgan fingerprint density at radius 2 is 0.507 bits per heavy atom. The molecular formula is C63H122O6. The van der Waals surface area contributed by atoms with Crippen LogP contribution in [0.5, 0.6) is 0 Å². The summed E-state index contributed by atoms with van der Waals surface area (Å²) in [5, 5.41) is 0. The molecule has 0 aromatic heterocycles. The molecule has 6 heteroatoms. The molecule has 0 aliphatic heterocycles. The lowest BCUT2D eigenvalue weighted by Crippen LogP contribution is -2.30. The summed E-state index contributed by atoms with van der Waals surface area (Å²) in [4.78, 5) is 38.2. The molecule has 0 aromatic rings. The van der Waals surface area contributed by atoms with E-state index in [1.54, 1.807) is 0 Å². The van der Waals surface area contributed by atoms with E-state index in [0.717, 1.165) is 75.5 Å². The van der Waals surface area contributed by atoms with Crippen molar-refractivity contribution >= 4 is 17.9 Å². The van der Waals surface area contributed by atoms with Gasteiger partial charge in [0.25, 0.3) is 0 Å². The molecule has 0 aliphatic rings. The van der Waals surface area contributed by atoms with E-state index in [1.807, 2.05) is 0 Å². The summed E-state index contributed by atoms with van der Waals surface area (Å²) in [5.41, 5.74) is 0. The van der Waals surface area contributed by atoms with Gasteiger partial charge in [0.2, 0.25) is 0 Å². The molecule has 2 atom stereocenters. The summed E-state index contributed by atoms with van der Waals surface area (Å²) in [6.45, 7) is 13.8. The van der Waals surface area contributed by atoms with Gasteiger partial charge in [-0.25, -0.2) is 0 Å². The minimum atomic E-state index is -0.764. The molecule has 0 saturated heterocycles. The Morgan fingerprint density at radius 1 is 0.290 bits per heavy atom. The SMILES string of the molecule is CCC(C)CCCCCCCCCCCCCCCCC(=O)O[C@@H](COC(=O)CCCCCCCCCCCCCCCCCCCCC(C)C)COC(=O)CCCCCCCCCCCC(C)C. The number of esters is 3. The molecule has 6 nitrogen and oxygen atoms in total. The molecule has 0 aliphatic carbocycles. The lowest BCUT2D eigenvalue weighted by molar-refractivity contribution is -0.167. The van der Waals surface area contributed by atoms with Crippen LogP contribution in [-0.4, -0.2) is 37.2 Å². The fourth-order valence-electron chi connectivity index (χ4n) is 9.67. The summed E-state index contributed by atoms with van der Waals surface area (Å²) in [5.74, 6) is 1.72. The van der Waals surface area contributed by atoms with E-state index in [0.29, 0.717) is 19.3 Å². The first-order chi connectivity index (χ1) is 33.6. The number of hydrogen-bond donors (Lipinski definition) is 0. The molecule has 69 heavy (non-hydrogen) atoms. The van der Waals surface area contributed by atoms with Crippen LogP contribution in [0.1, 0.15) is 350 Å². The number of carbonyl (C=O) groups is 3. The average Bonchev–Trinajstić information content (AvgIpc) is 3.32. The van der Waals surface area contributed by atoms with E-state index in [2.05, 4.69) is 41.5 Å². The maximum absolute atomic E-state index is 12.9. The Bertz CT molecular complexity index is 1070. The van der Waals surface area contributed by atoms with Crippen LogP contribution in [0, 0.1) is 17.8 Å². The normalized spacial score (nSPS) is 12.5. The molecule has 0 radical (unpaired) electrons. The molecule has 0 spiro atoms. The quantitative estimate of drug-likeness (QED) is 0.0343. The van der Waals surface area contributed by atoms with Gasteiger partial charge in [0.05, 0.1) is 0 Å². The van der Waals surface area contributed by atoms with E-state index in [1.165, 1.54) is 231 Å². The van der Waals surface area contributed by atoms with E-state index in [4.69, 9.17) is 14.2 Å². The van der Waals surface area contributed by atoms with E-state index in [9.17, 15) is 14.4 Å². The zero-order valence-corrected chi connectivity index (χ0v) is 47.6. The summed E-state index contributed by atoms with van der Waals surface area (Å²) >= 11 is 0. The van der Waals surface area contributed by atoms with Crippen LogP contribution < -0.4 is 0 Å². The third-order valence-corrected chi connectivity index (χ3v) is 14.8. The Morgan fingerprint density at radius 3 is 0.754 bits per heavy atom. The Balaban J connectivity index is 4.25. The van der Waals surface area contributed by atoms with Crippen molar-refractivity contribution in [2.75, 3.05) is 13.2 Å². The zero-order valence-electron chi connectivity index (χ0n) is 47.6. The first kappa shape index (κ1) is 67.4. The van der Waals surface area contributed by atoms with Gasteiger partial charge in [-0.2, -0.15) is 0 Å². The minimum absolute atomic E-state index is 0.0631. The highest BCUT2D eigenvalue weighted by atomic mass is 16.6. The van der Waals surface area contributed by atoms with Crippen molar-refractivity contribution in [1.29, 1.82) is 0 Å². The summed E-state index contributed by atoms with van der Waals surface area (Å²) in [6, 6.07) is 0. The molecule has 0 aromatic carbocycles. The van der Waals surface area contributed by atoms with Crippen LogP contribution in [0.25, 0.3) is 0 Å². The van der Waals surface area contributed by atoms with Crippen LogP contribution in [0.2, 0.25) is 0 Å². The van der Waals surface area contributed by atoms with Gasteiger partial charge in [0.15, 0.2) is 6.10 Å². The standard InChI is InChI=1S/C63H122O6/c1-7-59(6)51-45-39-33-27-21-17-14-15-19-23-29-36-42-48-54-63(66)69-60(56-68-62(65)53-47-41-35-30-24-26-32-38-44-50-58(4)5)55-67-61(64)52-46-40-34-28-22-18-13-11-9-8-10-12-16-20-25-31-37-43-49-57(2)3/h57-60H,7-56H2,1-6H3/t59?,60-/m0/s1. The number of carbonyl (C=O) groups excluding carboxylic acids is 3. The second kappa shape index (κ2) is 54.2. The first-order valence-corrected chi connectivity index (χ1v) is 31.1. The van der Waals surface area contributed by atoms with Crippen molar-refractivity contribution in [1.82, 2.24) is 0 Å². The van der Waals surface area contributed by atoms with Gasteiger partial charge >= 0.3 is 17.9 Å². The smallest absolute Gasteiger partial charge is 0.306 e. The highest BCUT2D eigenvalue weighted by Crippen LogP contribution is 2.19. The highest BCUT2D eigenvalue weighted by Gasteiger charge is 2.19. The van der Waals surface area contributed by atoms with E-state index >= 15 is 0 Å². The molecular weight excluding hydrogens is 853 g/mol. The molecule has 0 amide bonds. The third kappa shape index (κ3) is 55.6. The largest absolute Gasteiger partial charge is 0.462 e. The van der Waals surface area contributed by atoms with Gasteiger partial charge < -0.3 is 14.2 Å². The Labute approximate surface area is 431 Å². The number of hydrogen-bond acceptors (Lipinski definition) is 6. The third-order valence-electron chi connectivity index (χ3n) is 14.8. The van der Waals surface area contributed by atoms with Crippen LogP contribution >= 0.6 is 0 Å². The summed E-state index contributed by atoms with van der Waals surface area (Å²) in [6.07, 6.45) is 58.1. The van der Waals surface area contributed by atoms with Crippen LogP contribution in [-0.2, 0) is 28.6 Å². The summed E-state index contributed by atoms with van der Waals surface area (Å²) < 4.78 is 16.9. The maximum Gasteiger partial charge on any atom is 0.306 e. The van der Waals surface area contributed by atoms with Gasteiger partial charge in [-0.3, -0.25) is 14.4 Å². The van der Waals surface area contributed by atoms with Gasteiger partial charge in [-0.15, -0.1) is 0 Å². The predicted molar refractivity (Wildman–Crippen MR) is 298 cm³/mol. The fraction of sp³-hybridized carbons (Fsp3) is 0.952. The van der Waals surface area contributed by atoms with Crippen molar-refractivity contribution in [3.05, 3.63) is 0 Å². The van der Waals surface area contributed by atoms with Crippen molar-refractivity contribution in [2.45, 2.75) is 356 Å². The monoisotopic (exact) mass is 975 g/mol. The van der Waals surface area contributed by atoms with Crippen molar-refractivity contribution in [3.63, 3.8) is 0 Å². The van der Waals surface area contributed by atoms with Crippen molar-refractivity contribution in [2.24, 2.45) is 17.8 Å². The number of unbranched alkanes of at least 4 members (excludes halogenated alkanes) is 38. The average molecular weight is 976 g/mol. The maximum atomic E-state index is 12.9. The zero-order chi connectivity index (χ0) is 50.5. The lowest BCUT2D eigenvalue weighted by Gasteiger charge is -2.18. The van der Waals surface area contributed by atoms with E-state index in [-0.39, 0.29) is 31.1 Å². The molecule has 410 valence electrons. The van der Waals surface area contributed by atoms with Gasteiger partial charge in [0.1, 0.15) is 13.2 Å². The summed E-state index contributed by atoms with van der Waals surface area (Å²) in [7, 11) is 0.